The van der Waals surface area contributed by atoms with Crippen LogP contribution in [0.25, 0.3) is 0 Å². The van der Waals surface area contributed by atoms with Gasteiger partial charge in [-0.3, -0.25) is 0 Å². The minimum absolute atomic E-state index is 0.314. The van der Waals surface area contributed by atoms with E-state index in [4.69, 9.17) is 0 Å². The van der Waals surface area contributed by atoms with Crippen molar-refractivity contribution in [1.29, 1.82) is 0 Å². The van der Waals surface area contributed by atoms with E-state index in [1.165, 1.54) is 0 Å². The third-order valence-corrected chi connectivity index (χ3v) is 4.58. The van der Waals surface area contributed by atoms with Crippen molar-refractivity contribution in [3.63, 3.8) is 0 Å². The zero-order valence-electron chi connectivity index (χ0n) is 15.2. The highest BCUT2D eigenvalue weighted by Crippen LogP contribution is 2.47. The Balaban J connectivity index is 3.14. The molecule has 27 heavy (non-hydrogen) atoms. The second kappa shape index (κ2) is 8.34. The largest absolute Gasteiger partial charge is 0.459 e. The number of aliphatic hydroxyl groups is 1. The van der Waals surface area contributed by atoms with E-state index in [0.29, 0.717) is 35.3 Å². The topological polar surface area (TPSA) is 24.7 Å². The molecule has 9 heteroatoms. The summed E-state index contributed by atoms with van der Waals surface area (Å²) < 4.78 is 91.3. The molecule has 1 heterocycles. The number of aliphatic hydroxyl groups excluding tert-OH is 1. The molecule has 0 aliphatic carbocycles. The van der Waals surface area contributed by atoms with Crippen molar-refractivity contribution in [1.82, 2.24) is 0 Å². The molecule has 1 aliphatic heterocycles. The molecule has 2 N–H and O–H groups in total. The van der Waals surface area contributed by atoms with Gasteiger partial charge in [0.2, 0.25) is 0 Å². The fraction of sp³-hybridized carbons (Fsp3) is 0.667. The minimum atomic E-state index is -6.47. The van der Waals surface area contributed by atoms with E-state index in [1.54, 1.807) is 26.0 Å². The van der Waals surface area contributed by atoms with Gasteiger partial charge in [0.05, 0.1) is 6.04 Å². The molecule has 1 aliphatic rings. The van der Waals surface area contributed by atoms with Crippen LogP contribution in [0.15, 0.2) is 36.5 Å². The first-order valence-corrected chi connectivity index (χ1v) is 8.42. The molecule has 1 rings (SSSR count). The molecule has 0 spiro atoms. The van der Waals surface area contributed by atoms with Gasteiger partial charge >= 0.3 is 18.0 Å². The van der Waals surface area contributed by atoms with Gasteiger partial charge in [-0.05, 0) is 19.9 Å². The van der Waals surface area contributed by atoms with Crippen LogP contribution in [-0.2, 0) is 0 Å². The Labute approximate surface area is 154 Å². The van der Waals surface area contributed by atoms with Crippen LogP contribution in [-0.4, -0.2) is 47.9 Å². The lowest BCUT2D eigenvalue weighted by Crippen LogP contribution is -3.20. The first-order valence-electron chi connectivity index (χ1n) is 8.42. The summed E-state index contributed by atoms with van der Waals surface area (Å²) in [4.78, 5) is 0.314. The predicted molar refractivity (Wildman–Crippen MR) is 88.0 cm³/mol. The van der Waals surface area contributed by atoms with Crippen molar-refractivity contribution in [2.45, 2.75) is 69.3 Å². The first kappa shape index (κ1) is 23.7. The fourth-order valence-electron chi connectivity index (χ4n) is 3.26. The summed E-state index contributed by atoms with van der Waals surface area (Å²) in [6.45, 7) is 9.89. The molecule has 1 unspecified atom stereocenters. The standard InChI is InChI=1S/C18H24F7NO/c1-11(2)8-13-6-5-7-14(9-12(3)4)26(13)10-15(27)16(19,20)17(21,22)18(23,24)25/h5-6,13-15,27H,1,3,7-10H2,2,4H3/p+1/t13-,14+,15-/m0/s1. The number of halogens is 7. The van der Waals surface area contributed by atoms with Crippen molar-refractivity contribution in [3.8, 4) is 0 Å². The zero-order chi connectivity index (χ0) is 21.2. The molecule has 0 aromatic carbocycles. The predicted octanol–water partition coefficient (Wildman–Crippen LogP) is 3.69. The molecular weight excluding hydrogens is 379 g/mol. The maximum absolute atomic E-state index is 13.8. The summed E-state index contributed by atoms with van der Waals surface area (Å²) in [5.41, 5.74) is 1.41. The molecular formula is C18H25F7NO+. The van der Waals surface area contributed by atoms with Crippen LogP contribution in [0.3, 0.4) is 0 Å². The van der Waals surface area contributed by atoms with Crippen molar-refractivity contribution >= 4 is 0 Å². The number of alkyl halides is 7. The summed E-state index contributed by atoms with van der Waals surface area (Å²) in [7, 11) is 0. The SMILES string of the molecule is C=C(C)C[C@H]1CC=C[C@@H](CC(=C)C)[NH+]1C[C@H](O)C(F)(F)C(F)(F)C(F)(F)F. The van der Waals surface area contributed by atoms with Gasteiger partial charge in [-0.15, -0.1) is 0 Å². The monoisotopic (exact) mass is 404 g/mol. The molecule has 2 nitrogen and oxygen atoms in total. The van der Waals surface area contributed by atoms with Crippen molar-refractivity contribution in [2.75, 3.05) is 6.54 Å². The van der Waals surface area contributed by atoms with E-state index in [1.807, 2.05) is 0 Å². The van der Waals surface area contributed by atoms with Crippen LogP contribution in [0, 0.1) is 0 Å². The van der Waals surface area contributed by atoms with Crippen LogP contribution in [0.5, 0.6) is 0 Å². The van der Waals surface area contributed by atoms with E-state index in [9.17, 15) is 35.8 Å². The first-order chi connectivity index (χ1) is 12.1. The maximum atomic E-state index is 13.8. The molecule has 156 valence electrons. The van der Waals surface area contributed by atoms with Crippen LogP contribution < -0.4 is 4.90 Å². The Morgan fingerprint density at radius 1 is 1.07 bits per heavy atom. The summed E-state index contributed by atoms with van der Waals surface area (Å²) >= 11 is 0. The quantitative estimate of drug-likeness (QED) is 0.468. The van der Waals surface area contributed by atoms with Gasteiger partial charge in [0, 0.05) is 19.3 Å². The lowest BCUT2D eigenvalue weighted by atomic mass is 9.92. The summed E-state index contributed by atoms with van der Waals surface area (Å²) in [6, 6.07) is -0.840. The lowest BCUT2D eigenvalue weighted by Gasteiger charge is -2.40. The highest BCUT2D eigenvalue weighted by molar-refractivity contribution is 5.04. The molecule has 0 aromatic rings. The second-order valence-electron chi connectivity index (χ2n) is 7.28. The van der Waals surface area contributed by atoms with Gasteiger partial charge in [-0.2, -0.15) is 30.7 Å². The number of quaternary nitrogens is 1. The van der Waals surface area contributed by atoms with Crippen LogP contribution >= 0.6 is 0 Å². The summed E-state index contributed by atoms with van der Waals surface area (Å²) in [5.74, 6) is -12.0. The van der Waals surface area contributed by atoms with Gasteiger partial charge in [-0.25, -0.2) is 0 Å². The Kier molecular flexibility index (Phi) is 7.32. The smallest absolute Gasteiger partial charge is 0.381 e. The molecule has 0 amide bonds. The molecule has 0 saturated heterocycles. The van der Waals surface area contributed by atoms with E-state index in [2.05, 4.69) is 13.2 Å². The minimum Gasteiger partial charge on any atom is -0.381 e. The normalized spacial score (nSPS) is 25.3. The number of hydrogen-bond acceptors (Lipinski definition) is 1. The second-order valence-corrected chi connectivity index (χ2v) is 7.28. The highest BCUT2D eigenvalue weighted by atomic mass is 19.4. The Bertz CT molecular complexity index is 583. The Morgan fingerprint density at radius 2 is 1.59 bits per heavy atom. The zero-order valence-corrected chi connectivity index (χ0v) is 15.2. The van der Waals surface area contributed by atoms with Crippen LogP contribution in [0.4, 0.5) is 30.7 Å². The average Bonchev–Trinajstić information content (AvgIpc) is 2.47. The van der Waals surface area contributed by atoms with Crippen LogP contribution in [0.2, 0.25) is 0 Å². The summed E-state index contributed by atoms with van der Waals surface area (Å²) in [5, 5.41) is 9.71. The van der Waals surface area contributed by atoms with Gasteiger partial charge in [-0.1, -0.05) is 30.4 Å². The molecule has 4 atom stereocenters. The molecule has 0 fully saturated rings. The lowest BCUT2D eigenvalue weighted by molar-refractivity contribution is -0.948. The third-order valence-electron chi connectivity index (χ3n) is 4.58. The summed E-state index contributed by atoms with van der Waals surface area (Å²) in [6.07, 6.45) is -5.06. The molecule has 0 saturated carbocycles. The Hall–Kier alpha value is -1.35. The van der Waals surface area contributed by atoms with Gasteiger partial charge in [0.1, 0.15) is 12.6 Å². The maximum Gasteiger partial charge on any atom is 0.459 e. The number of hydrogen-bond donors (Lipinski definition) is 2. The van der Waals surface area contributed by atoms with E-state index in [0.717, 1.165) is 0 Å². The van der Waals surface area contributed by atoms with E-state index < -0.39 is 36.7 Å². The van der Waals surface area contributed by atoms with Gasteiger partial charge < -0.3 is 10.0 Å². The molecule has 0 bridgehead atoms. The van der Waals surface area contributed by atoms with Crippen molar-refractivity contribution in [2.24, 2.45) is 0 Å². The Morgan fingerprint density at radius 3 is 2.04 bits per heavy atom. The number of nitrogens with one attached hydrogen (secondary N) is 1. The molecule has 0 radical (unpaired) electrons. The third kappa shape index (κ3) is 5.34. The van der Waals surface area contributed by atoms with Gasteiger partial charge in [0.15, 0.2) is 6.10 Å². The fourth-order valence-corrected chi connectivity index (χ4v) is 3.26. The van der Waals surface area contributed by atoms with E-state index in [-0.39, 0.29) is 6.04 Å². The number of rotatable bonds is 8. The molecule has 0 aromatic heterocycles. The van der Waals surface area contributed by atoms with Crippen LogP contribution in [0.1, 0.15) is 33.1 Å². The van der Waals surface area contributed by atoms with Crippen molar-refractivity contribution < 1.29 is 40.7 Å². The average molecular weight is 404 g/mol. The van der Waals surface area contributed by atoms with E-state index >= 15 is 0 Å². The van der Waals surface area contributed by atoms with Crippen molar-refractivity contribution in [3.05, 3.63) is 36.5 Å². The highest BCUT2D eigenvalue weighted by Gasteiger charge is 2.75. The van der Waals surface area contributed by atoms with Gasteiger partial charge in [0.25, 0.3) is 0 Å².